The smallest absolute Gasteiger partial charge is 0.135 e. The third kappa shape index (κ3) is 4.45. The van der Waals surface area contributed by atoms with E-state index >= 15 is 0 Å². The summed E-state index contributed by atoms with van der Waals surface area (Å²) in [6.07, 6.45) is 2.57. The van der Waals surface area contributed by atoms with Crippen molar-refractivity contribution in [3.8, 4) is 0 Å². The van der Waals surface area contributed by atoms with Crippen LogP contribution in [0, 0.1) is 6.92 Å². The van der Waals surface area contributed by atoms with E-state index in [2.05, 4.69) is 15.3 Å². The molecule has 0 aromatic carbocycles. The van der Waals surface area contributed by atoms with Gasteiger partial charge in [-0.1, -0.05) is 20.8 Å². The molecule has 1 heterocycles. The summed E-state index contributed by atoms with van der Waals surface area (Å²) >= 11 is 0. The van der Waals surface area contributed by atoms with Crippen molar-refractivity contribution in [3.05, 3.63) is 11.4 Å². The number of anilines is 2. The molecule has 1 rings (SSSR count). The average Bonchev–Trinajstić information content (AvgIpc) is 2.33. The largest absolute Gasteiger partial charge is 0.383 e. The number of nitrogens with two attached hydrogens (primary N) is 1. The second-order valence-electron chi connectivity index (χ2n) is 5.12. The lowest BCUT2D eigenvalue weighted by Crippen LogP contribution is -2.17. The molecule has 1 aromatic rings. The zero-order chi connectivity index (χ0) is 14.6. The highest BCUT2D eigenvalue weighted by Gasteiger charge is 2.12. The number of nitrogens with zero attached hydrogens (tertiary/aromatic N) is 2. The van der Waals surface area contributed by atoms with Gasteiger partial charge in [-0.2, -0.15) is 0 Å². The maximum Gasteiger partial charge on any atom is 0.135 e. The lowest BCUT2D eigenvalue weighted by Gasteiger charge is -2.14. The normalized spacial score (nSPS) is 14.4. The second kappa shape index (κ2) is 6.84. The van der Waals surface area contributed by atoms with Crippen LogP contribution in [0.2, 0.25) is 0 Å². The highest BCUT2D eigenvalue weighted by Crippen LogP contribution is 2.20. The van der Waals surface area contributed by atoms with E-state index < -0.39 is 10.8 Å². The summed E-state index contributed by atoms with van der Waals surface area (Å²) in [5.41, 5.74) is 6.77. The molecule has 0 amide bonds. The fourth-order valence-corrected chi connectivity index (χ4v) is 1.99. The van der Waals surface area contributed by atoms with Gasteiger partial charge in [-0.3, -0.25) is 4.21 Å². The van der Waals surface area contributed by atoms with Gasteiger partial charge in [0, 0.05) is 40.3 Å². The molecular formula is C13H24N4OS. The van der Waals surface area contributed by atoms with Gasteiger partial charge in [0.2, 0.25) is 0 Å². The SMILES string of the molecule is Cc1c(N)nc(C(C)C)nc1NCCC(C)S(C)=O. The molecular weight excluding hydrogens is 260 g/mol. The fourth-order valence-electron chi connectivity index (χ4n) is 1.54. The predicted octanol–water partition coefficient (Wildman–Crippen LogP) is 2.06. The Morgan fingerprint density at radius 2 is 1.95 bits per heavy atom. The minimum atomic E-state index is -0.787. The summed E-state index contributed by atoms with van der Waals surface area (Å²) in [7, 11) is -0.787. The zero-order valence-corrected chi connectivity index (χ0v) is 13.2. The number of hydrogen-bond donors (Lipinski definition) is 2. The Hall–Kier alpha value is -1.17. The van der Waals surface area contributed by atoms with Gasteiger partial charge in [0.15, 0.2) is 0 Å². The van der Waals surface area contributed by atoms with E-state index in [1.807, 2.05) is 27.7 Å². The van der Waals surface area contributed by atoms with Crippen molar-refractivity contribution in [1.29, 1.82) is 0 Å². The van der Waals surface area contributed by atoms with Crippen LogP contribution >= 0.6 is 0 Å². The van der Waals surface area contributed by atoms with E-state index in [1.165, 1.54) is 0 Å². The van der Waals surface area contributed by atoms with Gasteiger partial charge < -0.3 is 11.1 Å². The number of nitrogens with one attached hydrogen (secondary N) is 1. The second-order valence-corrected chi connectivity index (χ2v) is 6.92. The summed E-state index contributed by atoms with van der Waals surface area (Å²) in [5.74, 6) is 2.29. The van der Waals surface area contributed by atoms with Crippen LogP contribution in [0.1, 0.15) is 44.5 Å². The first-order valence-corrected chi connectivity index (χ1v) is 8.15. The van der Waals surface area contributed by atoms with E-state index in [0.717, 1.165) is 30.2 Å². The van der Waals surface area contributed by atoms with E-state index in [-0.39, 0.29) is 11.2 Å². The van der Waals surface area contributed by atoms with Crippen LogP contribution in [0.15, 0.2) is 0 Å². The lowest BCUT2D eigenvalue weighted by atomic mass is 10.2. The van der Waals surface area contributed by atoms with Crippen LogP contribution in [0.4, 0.5) is 11.6 Å². The number of rotatable bonds is 6. The van der Waals surface area contributed by atoms with Gasteiger partial charge in [0.1, 0.15) is 17.5 Å². The van der Waals surface area contributed by atoms with Crippen molar-refractivity contribution in [1.82, 2.24) is 9.97 Å². The molecule has 0 radical (unpaired) electrons. The molecule has 1 aromatic heterocycles. The monoisotopic (exact) mass is 284 g/mol. The van der Waals surface area contributed by atoms with Crippen LogP contribution in [-0.2, 0) is 10.8 Å². The van der Waals surface area contributed by atoms with Gasteiger partial charge in [-0.05, 0) is 13.3 Å². The minimum Gasteiger partial charge on any atom is -0.383 e. The first kappa shape index (κ1) is 15.9. The molecule has 0 saturated heterocycles. The molecule has 0 spiro atoms. The molecule has 0 aliphatic heterocycles. The van der Waals surface area contributed by atoms with Gasteiger partial charge in [0.05, 0.1) is 0 Å². The van der Waals surface area contributed by atoms with E-state index in [1.54, 1.807) is 6.26 Å². The highest BCUT2D eigenvalue weighted by molar-refractivity contribution is 7.84. The summed E-state index contributed by atoms with van der Waals surface area (Å²) < 4.78 is 11.3. The molecule has 0 bridgehead atoms. The Morgan fingerprint density at radius 3 is 2.47 bits per heavy atom. The van der Waals surface area contributed by atoms with Crippen LogP contribution in [0.3, 0.4) is 0 Å². The molecule has 5 nitrogen and oxygen atoms in total. The van der Waals surface area contributed by atoms with Crippen LogP contribution in [0.25, 0.3) is 0 Å². The maximum atomic E-state index is 11.3. The Balaban J connectivity index is 2.75. The fraction of sp³-hybridized carbons (Fsp3) is 0.692. The van der Waals surface area contributed by atoms with Crippen molar-refractivity contribution >= 4 is 22.4 Å². The van der Waals surface area contributed by atoms with Crippen molar-refractivity contribution in [2.24, 2.45) is 0 Å². The Bertz CT molecular complexity index is 462. The topological polar surface area (TPSA) is 80.9 Å². The average molecular weight is 284 g/mol. The quantitative estimate of drug-likeness (QED) is 0.835. The van der Waals surface area contributed by atoms with E-state index in [9.17, 15) is 4.21 Å². The standard InChI is InChI=1S/C13H24N4OS/c1-8(2)12-16-11(14)10(4)13(17-12)15-7-6-9(3)19(5)18/h8-9H,6-7H2,1-5H3,(H3,14,15,16,17). The molecule has 6 heteroatoms. The predicted molar refractivity (Wildman–Crippen MR) is 81.9 cm³/mol. The molecule has 3 N–H and O–H groups in total. The van der Waals surface area contributed by atoms with Crippen LogP contribution in [0.5, 0.6) is 0 Å². The van der Waals surface area contributed by atoms with Crippen LogP contribution in [-0.4, -0.2) is 32.2 Å². The molecule has 2 unspecified atom stereocenters. The summed E-state index contributed by atoms with van der Waals surface area (Å²) in [4.78, 5) is 8.78. The Labute approximate surface area is 117 Å². The molecule has 0 saturated carbocycles. The van der Waals surface area contributed by atoms with Gasteiger partial charge >= 0.3 is 0 Å². The van der Waals surface area contributed by atoms with Gasteiger partial charge in [-0.15, -0.1) is 0 Å². The number of nitrogen functional groups attached to an aromatic ring is 1. The van der Waals surface area contributed by atoms with Crippen LogP contribution < -0.4 is 11.1 Å². The maximum absolute atomic E-state index is 11.3. The Kier molecular flexibility index (Phi) is 5.72. The minimum absolute atomic E-state index is 0.177. The van der Waals surface area contributed by atoms with Gasteiger partial charge in [-0.25, -0.2) is 9.97 Å². The molecule has 0 fully saturated rings. The summed E-state index contributed by atoms with van der Waals surface area (Å²) in [6, 6.07) is 0. The molecule has 0 aliphatic rings. The highest BCUT2D eigenvalue weighted by atomic mass is 32.2. The first-order valence-electron chi connectivity index (χ1n) is 6.53. The lowest BCUT2D eigenvalue weighted by molar-refractivity contribution is 0.672. The van der Waals surface area contributed by atoms with Gasteiger partial charge in [0.25, 0.3) is 0 Å². The molecule has 108 valence electrons. The third-order valence-corrected chi connectivity index (χ3v) is 4.50. The first-order chi connectivity index (χ1) is 8.82. The zero-order valence-electron chi connectivity index (χ0n) is 12.4. The van der Waals surface area contributed by atoms with Crippen molar-refractivity contribution < 1.29 is 4.21 Å². The summed E-state index contributed by atoms with van der Waals surface area (Å²) in [6.45, 7) is 8.70. The van der Waals surface area contributed by atoms with Crippen molar-refractivity contribution in [2.75, 3.05) is 23.9 Å². The van der Waals surface area contributed by atoms with Crippen molar-refractivity contribution in [2.45, 2.75) is 45.3 Å². The van der Waals surface area contributed by atoms with E-state index in [4.69, 9.17) is 5.73 Å². The molecule has 19 heavy (non-hydrogen) atoms. The number of aromatic nitrogens is 2. The van der Waals surface area contributed by atoms with E-state index in [0.29, 0.717) is 5.82 Å². The molecule has 0 aliphatic carbocycles. The summed E-state index contributed by atoms with van der Waals surface area (Å²) in [5, 5.41) is 3.45. The van der Waals surface area contributed by atoms with Crippen molar-refractivity contribution in [3.63, 3.8) is 0 Å². The third-order valence-electron chi connectivity index (χ3n) is 3.13. The number of hydrogen-bond acceptors (Lipinski definition) is 5. The Morgan fingerprint density at radius 1 is 1.32 bits per heavy atom. The molecule has 2 atom stereocenters.